The van der Waals surface area contributed by atoms with E-state index in [4.69, 9.17) is 18.9 Å². The smallest absolute Gasteiger partial charge is 0.119 e. The van der Waals surface area contributed by atoms with Crippen molar-refractivity contribution in [3.05, 3.63) is 249 Å². The lowest BCUT2D eigenvalue weighted by atomic mass is 9.99. The molecule has 0 aromatic heterocycles. The Morgan fingerprint density at radius 2 is 0.438 bits per heavy atom. The first-order chi connectivity index (χ1) is 35.9. The molecular weight excluding hydrogens is 899 g/mol. The van der Waals surface area contributed by atoms with Gasteiger partial charge >= 0.3 is 0 Å². The van der Waals surface area contributed by atoms with Gasteiger partial charge < -0.3 is 33.6 Å². The summed E-state index contributed by atoms with van der Waals surface area (Å²) in [6.07, 6.45) is 0. The number of anilines is 9. The summed E-state index contributed by atoms with van der Waals surface area (Å²) >= 11 is 0. The minimum Gasteiger partial charge on any atom is -0.497 e. The molecule has 0 bridgehead atoms. The van der Waals surface area contributed by atoms with Gasteiger partial charge in [-0.3, -0.25) is 0 Å². The number of fused-ring (bicyclic) bond motifs is 2. The molecular formula is C66H53N3O4. The SMILES string of the molecule is COc1ccc(N(c2ccc(OC)cc2)c2ccc3cc(-c4ccc(N(c5ccccc5)c5ccc(-c6ccc7cc(N(c8ccc(OC)cc8)c8ccc(OC)cc8)ccc7c6)cc5)cc4)ccc3c2)cc1. The van der Waals surface area contributed by atoms with Gasteiger partial charge in [-0.25, -0.2) is 0 Å². The Kier molecular flexibility index (Phi) is 12.9. The van der Waals surface area contributed by atoms with E-state index < -0.39 is 0 Å². The van der Waals surface area contributed by atoms with Crippen molar-refractivity contribution in [3.63, 3.8) is 0 Å². The summed E-state index contributed by atoms with van der Waals surface area (Å²) in [7, 11) is 6.75. The summed E-state index contributed by atoms with van der Waals surface area (Å²) in [4.78, 5) is 6.81. The molecule has 0 fully saturated rings. The second-order valence-electron chi connectivity index (χ2n) is 17.7. The molecule has 0 N–H and O–H groups in total. The van der Waals surface area contributed by atoms with E-state index in [1.54, 1.807) is 28.4 Å². The van der Waals surface area contributed by atoms with Crippen LogP contribution in [0.3, 0.4) is 0 Å². The van der Waals surface area contributed by atoms with Crippen molar-refractivity contribution < 1.29 is 18.9 Å². The Morgan fingerprint density at radius 1 is 0.205 bits per heavy atom. The molecule has 0 aliphatic heterocycles. The normalized spacial score (nSPS) is 11.0. The molecule has 0 unspecified atom stereocenters. The minimum absolute atomic E-state index is 0.814. The third-order valence-corrected chi connectivity index (χ3v) is 13.4. The van der Waals surface area contributed by atoms with Crippen molar-refractivity contribution in [2.75, 3.05) is 43.1 Å². The summed E-state index contributed by atoms with van der Waals surface area (Å²) in [6.45, 7) is 0. The van der Waals surface area contributed by atoms with Gasteiger partial charge in [0, 0.05) is 51.2 Å². The van der Waals surface area contributed by atoms with E-state index in [-0.39, 0.29) is 0 Å². The maximum absolute atomic E-state index is 5.47. The summed E-state index contributed by atoms with van der Waals surface area (Å²) in [5.74, 6) is 3.26. The zero-order chi connectivity index (χ0) is 49.7. The summed E-state index contributed by atoms with van der Waals surface area (Å²) < 4.78 is 21.9. The van der Waals surface area contributed by atoms with Crippen LogP contribution in [0.15, 0.2) is 249 Å². The van der Waals surface area contributed by atoms with Crippen LogP contribution in [0.5, 0.6) is 23.0 Å². The van der Waals surface area contributed by atoms with Crippen molar-refractivity contribution in [1.82, 2.24) is 0 Å². The molecule has 73 heavy (non-hydrogen) atoms. The van der Waals surface area contributed by atoms with Crippen LogP contribution in [0.2, 0.25) is 0 Å². The average Bonchev–Trinajstić information content (AvgIpc) is 3.46. The van der Waals surface area contributed by atoms with Crippen LogP contribution in [0, 0.1) is 0 Å². The number of nitrogens with zero attached hydrogens (tertiary/aromatic N) is 3. The van der Waals surface area contributed by atoms with Gasteiger partial charge in [0.15, 0.2) is 0 Å². The van der Waals surface area contributed by atoms with E-state index in [2.05, 4.69) is 215 Å². The van der Waals surface area contributed by atoms with Gasteiger partial charge in [0.1, 0.15) is 23.0 Å². The Labute approximate surface area is 426 Å². The van der Waals surface area contributed by atoms with Crippen molar-refractivity contribution >= 4 is 72.7 Å². The van der Waals surface area contributed by atoms with Crippen LogP contribution in [0.1, 0.15) is 0 Å². The molecule has 7 nitrogen and oxygen atoms in total. The molecule has 0 aliphatic carbocycles. The van der Waals surface area contributed by atoms with E-state index in [0.717, 1.165) is 118 Å². The molecule has 0 saturated carbocycles. The predicted molar refractivity (Wildman–Crippen MR) is 303 cm³/mol. The standard InChI is InChI=1S/C66H53N3O4/c1-70-63-34-26-57(27-35-63)68(58-28-36-64(71-2)37-29-58)61-24-18-50-42-48(10-12-52(50)44-61)46-14-20-55(21-15-46)67(54-8-6-5-7-9-54)56-22-16-47(17-23-56)49-11-13-53-45-62(25-19-51(53)43-49)69(59-30-38-65(72-3)39-31-59)60-32-40-66(73-4)41-33-60/h5-45H,1-4H3. The molecule has 11 rings (SSSR count). The molecule has 0 saturated heterocycles. The van der Waals surface area contributed by atoms with Crippen LogP contribution in [-0.2, 0) is 0 Å². The van der Waals surface area contributed by atoms with Gasteiger partial charge in [0.05, 0.1) is 28.4 Å². The molecule has 11 aromatic carbocycles. The lowest BCUT2D eigenvalue weighted by molar-refractivity contribution is 0.414. The topological polar surface area (TPSA) is 46.6 Å². The van der Waals surface area contributed by atoms with E-state index in [1.165, 1.54) is 0 Å². The first-order valence-corrected chi connectivity index (χ1v) is 24.3. The second-order valence-corrected chi connectivity index (χ2v) is 17.7. The van der Waals surface area contributed by atoms with Crippen LogP contribution in [-0.4, -0.2) is 28.4 Å². The zero-order valence-corrected chi connectivity index (χ0v) is 41.1. The fourth-order valence-electron chi connectivity index (χ4n) is 9.55. The fraction of sp³-hybridized carbons (Fsp3) is 0.0606. The number of hydrogen-bond donors (Lipinski definition) is 0. The summed E-state index contributed by atoms with van der Waals surface area (Å²) in [5, 5.41) is 4.63. The lowest BCUT2D eigenvalue weighted by Crippen LogP contribution is -2.10. The largest absolute Gasteiger partial charge is 0.497 e. The van der Waals surface area contributed by atoms with Crippen molar-refractivity contribution in [1.29, 1.82) is 0 Å². The number of para-hydroxylation sites is 1. The molecule has 11 aromatic rings. The van der Waals surface area contributed by atoms with E-state index in [0.29, 0.717) is 0 Å². The van der Waals surface area contributed by atoms with Gasteiger partial charge in [-0.1, -0.05) is 78.9 Å². The highest BCUT2D eigenvalue weighted by Crippen LogP contribution is 2.42. The Hall–Kier alpha value is -9.46. The Morgan fingerprint density at radius 3 is 0.753 bits per heavy atom. The third kappa shape index (κ3) is 9.60. The van der Waals surface area contributed by atoms with Gasteiger partial charge in [-0.2, -0.15) is 0 Å². The van der Waals surface area contributed by atoms with Crippen molar-refractivity contribution in [2.24, 2.45) is 0 Å². The first kappa shape index (κ1) is 46.0. The number of hydrogen-bond acceptors (Lipinski definition) is 7. The average molecular weight is 952 g/mol. The maximum atomic E-state index is 5.47. The van der Waals surface area contributed by atoms with Gasteiger partial charge in [-0.15, -0.1) is 0 Å². The molecule has 0 atom stereocenters. The second kappa shape index (κ2) is 20.5. The minimum atomic E-state index is 0.814. The third-order valence-electron chi connectivity index (χ3n) is 13.4. The van der Waals surface area contributed by atoms with Crippen LogP contribution in [0.25, 0.3) is 43.8 Å². The quantitative estimate of drug-likeness (QED) is 0.101. The van der Waals surface area contributed by atoms with Gasteiger partial charge in [-0.05, 0) is 214 Å². The number of methoxy groups -OCH3 is 4. The molecule has 0 spiro atoms. The zero-order valence-electron chi connectivity index (χ0n) is 41.1. The van der Waals surface area contributed by atoms with E-state index >= 15 is 0 Å². The van der Waals surface area contributed by atoms with Gasteiger partial charge in [0.2, 0.25) is 0 Å². The fourth-order valence-corrected chi connectivity index (χ4v) is 9.55. The monoisotopic (exact) mass is 951 g/mol. The van der Waals surface area contributed by atoms with Crippen molar-refractivity contribution in [3.8, 4) is 45.3 Å². The highest BCUT2D eigenvalue weighted by atomic mass is 16.5. The molecule has 356 valence electrons. The first-order valence-electron chi connectivity index (χ1n) is 24.3. The lowest BCUT2D eigenvalue weighted by Gasteiger charge is -2.26. The molecule has 0 radical (unpaired) electrons. The predicted octanol–water partition coefficient (Wildman–Crippen LogP) is 17.8. The number of rotatable bonds is 15. The van der Waals surface area contributed by atoms with Crippen LogP contribution < -0.4 is 33.6 Å². The number of benzene rings is 11. The van der Waals surface area contributed by atoms with E-state index in [1.807, 2.05) is 48.5 Å². The summed E-state index contributed by atoms with van der Waals surface area (Å²) in [6, 6.07) is 87.6. The summed E-state index contributed by atoms with van der Waals surface area (Å²) in [5.41, 5.74) is 14.1. The highest BCUT2D eigenvalue weighted by Gasteiger charge is 2.18. The molecule has 0 amide bonds. The highest BCUT2D eigenvalue weighted by molar-refractivity contribution is 5.94. The maximum Gasteiger partial charge on any atom is 0.119 e. The van der Waals surface area contributed by atoms with Crippen LogP contribution in [0.4, 0.5) is 51.2 Å². The van der Waals surface area contributed by atoms with Crippen molar-refractivity contribution in [2.45, 2.75) is 0 Å². The molecule has 0 aliphatic rings. The Balaban J connectivity index is 0.849. The van der Waals surface area contributed by atoms with Gasteiger partial charge in [0.25, 0.3) is 0 Å². The molecule has 7 heteroatoms. The van der Waals surface area contributed by atoms with E-state index in [9.17, 15) is 0 Å². The van der Waals surface area contributed by atoms with Crippen LogP contribution >= 0.6 is 0 Å². The Bertz CT molecular complexity index is 3320. The molecule has 0 heterocycles. The number of ether oxygens (including phenoxy) is 4.